The van der Waals surface area contributed by atoms with Gasteiger partial charge in [-0.05, 0) is 12.1 Å². The van der Waals surface area contributed by atoms with Crippen molar-refractivity contribution in [3.8, 4) is 11.5 Å². The number of carbonyl (C=O) groups is 1. The molecule has 1 aromatic heterocycles. The van der Waals surface area contributed by atoms with Crippen LogP contribution in [0.2, 0.25) is 0 Å². The minimum Gasteiger partial charge on any atom is -0.497 e. The van der Waals surface area contributed by atoms with Gasteiger partial charge in [-0.2, -0.15) is 0 Å². The highest BCUT2D eigenvalue weighted by atomic mass is 16.5. The third-order valence-corrected chi connectivity index (χ3v) is 3.87. The number of amides is 1. The second kappa shape index (κ2) is 7.27. The van der Waals surface area contributed by atoms with Gasteiger partial charge in [-0.15, -0.1) is 0 Å². The molecule has 24 heavy (non-hydrogen) atoms. The fourth-order valence-corrected chi connectivity index (χ4v) is 2.60. The molecule has 7 heteroatoms. The van der Waals surface area contributed by atoms with E-state index in [0.717, 1.165) is 5.69 Å². The molecule has 0 unspecified atom stereocenters. The molecule has 2 heterocycles. The van der Waals surface area contributed by atoms with Gasteiger partial charge in [0, 0.05) is 30.6 Å². The van der Waals surface area contributed by atoms with Gasteiger partial charge >= 0.3 is 0 Å². The molecule has 1 amide bonds. The van der Waals surface area contributed by atoms with Crippen LogP contribution in [0.15, 0.2) is 36.8 Å². The molecule has 1 fully saturated rings. The third-order valence-electron chi connectivity index (χ3n) is 3.87. The molecule has 2 aromatic rings. The lowest BCUT2D eigenvalue weighted by Crippen LogP contribution is -2.42. The molecule has 0 N–H and O–H groups in total. The topological polar surface area (TPSA) is 73.8 Å². The number of nitrogens with zero attached hydrogens (tertiary/aromatic N) is 3. The van der Waals surface area contributed by atoms with Gasteiger partial charge in [0.05, 0.1) is 39.3 Å². The van der Waals surface area contributed by atoms with Gasteiger partial charge in [0.15, 0.2) is 0 Å². The summed E-state index contributed by atoms with van der Waals surface area (Å²) in [7, 11) is 3.11. The van der Waals surface area contributed by atoms with E-state index in [2.05, 4.69) is 9.97 Å². The summed E-state index contributed by atoms with van der Waals surface area (Å²) in [6.45, 7) is 1.40. The van der Waals surface area contributed by atoms with Gasteiger partial charge in [0.1, 0.15) is 17.6 Å². The van der Waals surface area contributed by atoms with Crippen LogP contribution in [0.25, 0.3) is 0 Å². The van der Waals surface area contributed by atoms with Crippen molar-refractivity contribution < 1.29 is 19.0 Å². The first kappa shape index (κ1) is 16.2. The lowest BCUT2D eigenvalue weighted by Gasteiger charge is -2.32. The number of ether oxygens (including phenoxy) is 3. The van der Waals surface area contributed by atoms with Crippen LogP contribution < -0.4 is 9.47 Å². The summed E-state index contributed by atoms with van der Waals surface area (Å²) in [5, 5.41) is 0. The van der Waals surface area contributed by atoms with E-state index < -0.39 is 0 Å². The van der Waals surface area contributed by atoms with Crippen molar-refractivity contribution in [1.29, 1.82) is 0 Å². The van der Waals surface area contributed by atoms with Crippen molar-refractivity contribution in [2.45, 2.75) is 6.10 Å². The normalized spacial score (nSPS) is 17.4. The maximum atomic E-state index is 12.8. The lowest BCUT2D eigenvalue weighted by molar-refractivity contribution is -0.0249. The van der Waals surface area contributed by atoms with E-state index >= 15 is 0 Å². The molecule has 1 aliphatic heterocycles. The quantitative estimate of drug-likeness (QED) is 0.850. The van der Waals surface area contributed by atoms with Crippen LogP contribution in [0.4, 0.5) is 0 Å². The van der Waals surface area contributed by atoms with Crippen LogP contribution in [-0.4, -0.2) is 54.7 Å². The Morgan fingerprint density at radius 3 is 2.58 bits per heavy atom. The molecule has 0 bridgehead atoms. The van der Waals surface area contributed by atoms with Crippen LogP contribution in [0.5, 0.6) is 11.5 Å². The van der Waals surface area contributed by atoms with Crippen molar-refractivity contribution in [1.82, 2.24) is 14.9 Å². The highest BCUT2D eigenvalue weighted by Crippen LogP contribution is 2.26. The maximum absolute atomic E-state index is 12.8. The summed E-state index contributed by atoms with van der Waals surface area (Å²) in [4.78, 5) is 22.9. The Hall–Kier alpha value is -2.67. The number of benzene rings is 1. The molecule has 0 spiro atoms. The van der Waals surface area contributed by atoms with E-state index in [4.69, 9.17) is 14.2 Å². The Morgan fingerprint density at radius 2 is 1.96 bits per heavy atom. The predicted octanol–water partition coefficient (Wildman–Crippen LogP) is 1.71. The van der Waals surface area contributed by atoms with Crippen LogP contribution in [0.1, 0.15) is 22.2 Å². The highest BCUT2D eigenvalue weighted by molar-refractivity contribution is 5.95. The molecule has 0 saturated carbocycles. The smallest absolute Gasteiger partial charge is 0.254 e. The molecule has 1 saturated heterocycles. The lowest BCUT2D eigenvalue weighted by atomic mass is 10.1. The Bertz CT molecular complexity index is 686. The maximum Gasteiger partial charge on any atom is 0.254 e. The first-order valence-corrected chi connectivity index (χ1v) is 7.61. The number of hydrogen-bond donors (Lipinski definition) is 0. The monoisotopic (exact) mass is 329 g/mol. The van der Waals surface area contributed by atoms with E-state index in [9.17, 15) is 4.79 Å². The number of hydrogen-bond acceptors (Lipinski definition) is 6. The number of morpholine rings is 1. The van der Waals surface area contributed by atoms with Crippen LogP contribution in [0, 0.1) is 0 Å². The van der Waals surface area contributed by atoms with E-state index in [1.54, 1.807) is 55.9 Å². The summed E-state index contributed by atoms with van der Waals surface area (Å²) in [6, 6.07) is 5.15. The highest BCUT2D eigenvalue weighted by Gasteiger charge is 2.27. The second-order valence-corrected chi connectivity index (χ2v) is 5.34. The van der Waals surface area contributed by atoms with E-state index in [1.807, 2.05) is 0 Å². The largest absolute Gasteiger partial charge is 0.497 e. The summed E-state index contributed by atoms with van der Waals surface area (Å²) in [5.41, 5.74) is 1.24. The summed E-state index contributed by atoms with van der Waals surface area (Å²) >= 11 is 0. The Labute approximate surface area is 140 Å². The van der Waals surface area contributed by atoms with Crippen molar-refractivity contribution >= 4 is 5.91 Å². The minimum absolute atomic E-state index is 0.0932. The summed E-state index contributed by atoms with van der Waals surface area (Å²) < 4.78 is 16.2. The van der Waals surface area contributed by atoms with Crippen molar-refractivity contribution in [3.05, 3.63) is 48.0 Å². The molecule has 7 nitrogen and oxygen atoms in total. The second-order valence-electron chi connectivity index (χ2n) is 5.34. The Kier molecular flexibility index (Phi) is 4.90. The zero-order valence-corrected chi connectivity index (χ0v) is 13.6. The van der Waals surface area contributed by atoms with Gasteiger partial charge in [-0.1, -0.05) is 0 Å². The SMILES string of the molecule is COc1cc(OC)cc(C(=O)N2CCO[C@@H](c3cnccn3)C2)c1. The van der Waals surface area contributed by atoms with Crippen LogP contribution in [-0.2, 0) is 4.74 Å². The van der Waals surface area contributed by atoms with Crippen LogP contribution in [0.3, 0.4) is 0 Å². The van der Waals surface area contributed by atoms with E-state index in [-0.39, 0.29) is 12.0 Å². The molecule has 1 aliphatic rings. The average molecular weight is 329 g/mol. The number of carbonyl (C=O) groups excluding carboxylic acids is 1. The zero-order chi connectivity index (χ0) is 16.9. The van der Waals surface area contributed by atoms with Crippen LogP contribution >= 0.6 is 0 Å². The van der Waals surface area contributed by atoms with Gasteiger partial charge in [-0.3, -0.25) is 14.8 Å². The first-order chi connectivity index (χ1) is 11.7. The van der Waals surface area contributed by atoms with E-state index in [1.165, 1.54) is 0 Å². The molecular weight excluding hydrogens is 310 g/mol. The zero-order valence-electron chi connectivity index (χ0n) is 13.6. The molecule has 0 aliphatic carbocycles. The Balaban J connectivity index is 1.79. The fourth-order valence-electron chi connectivity index (χ4n) is 2.60. The average Bonchev–Trinajstić information content (AvgIpc) is 2.67. The predicted molar refractivity (Wildman–Crippen MR) is 86.2 cm³/mol. The third kappa shape index (κ3) is 3.46. The minimum atomic E-state index is -0.274. The number of rotatable bonds is 4. The molecule has 1 aromatic carbocycles. The summed E-state index contributed by atoms with van der Waals surface area (Å²) in [5.74, 6) is 1.07. The van der Waals surface area contributed by atoms with Crippen molar-refractivity contribution in [2.75, 3.05) is 33.9 Å². The van der Waals surface area contributed by atoms with Gasteiger partial charge in [-0.25, -0.2) is 0 Å². The Morgan fingerprint density at radius 1 is 1.21 bits per heavy atom. The number of methoxy groups -OCH3 is 2. The summed E-state index contributed by atoms with van der Waals surface area (Å²) in [6.07, 6.45) is 4.61. The standard InChI is InChI=1S/C17H19N3O4/c1-22-13-7-12(8-14(9-13)23-2)17(21)20-5-6-24-16(11-20)15-10-18-3-4-19-15/h3-4,7-10,16H,5-6,11H2,1-2H3/t16-/m1/s1. The molecule has 1 atom stereocenters. The molecule has 0 radical (unpaired) electrons. The molecule has 126 valence electrons. The van der Waals surface area contributed by atoms with Crippen molar-refractivity contribution in [2.24, 2.45) is 0 Å². The number of aromatic nitrogens is 2. The van der Waals surface area contributed by atoms with E-state index in [0.29, 0.717) is 36.8 Å². The molecular formula is C17H19N3O4. The van der Waals surface area contributed by atoms with Crippen molar-refractivity contribution in [3.63, 3.8) is 0 Å². The van der Waals surface area contributed by atoms with Gasteiger partial charge in [0.2, 0.25) is 0 Å². The first-order valence-electron chi connectivity index (χ1n) is 7.61. The fraction of sp³-hybridized carbons (Fsp3) is 0.353. The van der Waals surface area contributed by atoms with Gasteiger partial charge < -0.3 is 19.1 Å². The van der Waals surface area contributed by atoms with Gasteiger partial charge in [0.25, 0.3) is 5.91 Å². The molecule has 3 rings (SSSR count).